The Labute approximate surface area is 98.8 Å². The minimum absolute atomic E-state index is 0.392. The molecule has 2 N–H and O–H groups in total. The van der Waals surface area contributed by atoms with Gasteiger partial charge in [0.05, 0.1) is 23.6 Å². The summed E-state index contributed by atoms with van der Waals surface area (Å²) in [4.78, 5) is 8.56. The van der Waals surface area contributed by atoms with Crippen molar-refractivity contribution in [2.45, 2.75) is 20.5 Å². The van der Waals surface area contributed by atoms with Crippen LogP contribution < -0.4 is 5.73 Å². The zero-order valence-electron chi connectivity index (χ0n) is 10.0. The number of methoxy groups -OCH3 is 1. The summed E-state index contributed by atoms with van der Waals surface area (Å²) in [6, 6.07) is 1.69. The van der Waals surface area contributed by atoms with Gasteiger partial charge in [0.2, 0.25) is 0 Å². The van der Waals surface area contributed by atoms with Crippen LogP contribution in [0.3, 0.4) is 0 Å². The van der Waals surface area contributed by atoms with Gasteiger partial charge in [-0.1, -0.05) is 5.16 Å². The average Bonchev–Trinajstić information content (AvgIpc) is 2.58. The summed E-state index contributed by atoms with van der Waals surface area (Å²) in [6.07, 6.45) is 0. The van der Waals surface area contributed by atoms with Crippen molar-refractivity contribution >= 4 is 5.82 Å². The maximum absolute atomic E-state index is 5.74. The molecule has 2 heterocycles. The van der Waals surface area contributed by atoms with Gasteiger partial charge in [-0.25, -0.2) is 9.97 Å². The van der Waals surface area contributed by atoms with Gasteiger partial charge in [-0.3, -0.25) is 0 Å². The molecule has 0 aliphatic heterocycles. The van der Waals surface area contributed by atoms with Crippen molar-refractivity contribution in [2.24, 2.45) is 0 Å². The van der Waals surface area contributed by atoms with E-state index in [0.717, 1.165) is 17.0 Å². The van der Waals surface area contributed by atoms with Crippen LogP contribution in [-0.2, 0) is 11.3 Å². The van der Waals surface area contributed by atoms with Crippen LogP contribution in [-0.4, -0.2) is 22.2 Å². The van der Waals surface area contributed by atoms with Crippen LogP contribution in [0.25, 0.3) is 11.4 Å². The van der Waals surface area contributed by atoms with E-state index in [4.69, 9.17) is 15.0 Å². The highest BCUT2D eigenvalue weighted by Gasteiger charge is 2.15. The first-order valence-corrected chi connectivity index (χ1v) is 5.17. The summed E-state index contributed by atoms with van der Waals surface area (Å²) >= 11 is 0. The molecule has 2 aromatic rings. The molecule has 2 rings (SSSR count). The van der Waals surface area contributed by atoms with Gasteiger partial charge in [0.1, 0.15) is 11.6 Å². The predicted molar refractivity (Wildman–Crippen MR) is 62.1 cm³/mol. The van der Waals surface area contributed by atoms with Gasteiger partial charge < -0.3 is 15.0 Å². The van der Waals surface area contributed by atoms with Crippen molar-refractivity contribution in [3.63, 3.8) is 0 Å². The minimum Gasteiger partial charge on any atom is -0.384 e. The first-order valence-electron chi connectivity index (χ1n) is 5.17. The highest BCUT2D eigenvalue weighted by molar-refractivity contribution is 5.61. The van der Waals surface area contributed by atoms with E-state index < -0.39 is 0 Å². The monoisotopic (exact) mass is 234 g/mol. The van der Waals surface area contributed by atoms with Gasteiger partial charge in [0.25, 0.3) is 0 Å². The molecule has 0 amide bonds. The van der Waals surface area contributed by atoms with Crippen molar-refractivity contribution in [1.29, 1.82) is 0 Å². The average molecular weight is 234 g/mol. The van der Waals surface area contributed by atoms with Crippen LogP contribution in [0.15, 0.2) is 10.6 Å². The Kier molecular flexibility index (Phi) is 3.06. The van der Waals surface area contributed by atoms with Crippen molar-refractivity contribution < 1.29 is 9.26 Å². The molecule has 0 atom stereocenters. The zero-order valence-corrected chi connectivity index (χ0v) is 10.0. The number of aromatic nitrogens is 3. The van der Waals surface area contributed by atoms with Crippen molar-refractivity contribution in [1.82, 2.24) is 15.1 Å². The third kappa shape index (κ3) is 2.26. The Bertz CT molecular complexity index is 517. The zero-order chi connectivity index (χ0) is 12.4. The number of nitrogens with two attached hydrogens (primary N) is 1. The van der Waals surface area contributed by atoms with E-state index in [0.29, 0.717) is 24.0 Å². The summed E-state index contributed by atoms with van der Waals surface area (Å²) in [5.74, 6) is 1.60. The van der Waals surface area contributed by atoms with Gasteiger partial charge in [-0.05, 0) is 13.8 Å². The van der Waals surface area contributed by atoms with E-state index >= 15 is 0 Å². The Balaban J connectivity index is 2.52. The Morgan fingerprint density at radius 1 is 1.35 bits per heavy atom. The fraction of sp³-hybridized carbons (Fsp3) is 0.364. The van der Waals surface area contributed by atoms with Crippen LogP contribution in [0.5, 0.6) is 0 Å². The largest absolute Gasteiger partial charge is 0.384 e. The maximum Gasteiger partial charge on any atom is 0.167 e. The molecule has 0 bridgehead atoms. The van der Waals surface area contributed by atoms with E-state index in [1.807, 2.05) is 13.8 Å². The summed E-state index contributed by atoms with van der Waals surface area (Å²) in [7, 11) is 1.61. The second-order valence-electron chi connectivity index (χ2n) is 3.74. The molecular formula is C11H14N4O2. The number of ether oxygens (including phenoxy) is 1. The fourth-order valence-corrected chi connectivity index (χ4v) is 1.65. The topological polar surface area (TPSA) is 87.1 Å². The van der Waals surface area contributed by atoms with E-state index in [2.05, 4.69) is 15.1 Å². The predicted octanol–water partition coefficient (Wildman–Crippen LogP) is 1.48. The first-order chi connectivity index (χ1) is 8.11. The molecule has 17 heavy (non-hydrogen) atoms. The smallest absolute Gasteiger partial charge is 0.167 e. The lowest BCUT2D eigenvalue weighted by Gasteiger charge is -2.04. The molecule has 0 aliphatic carbocycles. The molecule has 0 saturated carbocycles. The van der Waals surface area contributed by atoms with Crippen molar-refractivity contribution in [3.8, 4) is 11.4 Å². The molecule has 2 aromatic heterocycles. The number of nitrogen functional groups attached to an aromatic ring is 1. The first kappa shape index (κ1) is 11.5. The lowest BCUT2D eigenvalue weighted by molar-refractivity contribution is 0.181. The maximum atomic E-state index is 5.74. The molecule has 0 saturated heterocycles. The molecule has 0 fully saturated rings. The molecule has 0 aliphatic rings. The quantitative estimate of drug-likeness (QED) is 0.865. The third-order valence-corrected chi connectivity index (χ3v) is 2.35. The summed E-state index contributed by atoms with van der Waals surface area (Å²) < 4.78 is 10.1. The number of aryl methyl sites for hydroxylation is 2. The van der Waals surface area contributed by atoms with E-state index in [-0.39, 0.29) is 0 Å². The highest BCUT2D eigenvalue weighted by Crippen LogP contribution is 2.24. The molecule has 0 spiro atoms. The van der Waals surface area contributed by atoms with Crippen LogP contribution in [0.4, 0.5) is 5.82 Å². The molecule has 90 valence electrons. The summed E-state index contributed by atoms with van der Waals surface area (Å²) in [5, 5.41) is 3.87. The molecule has 6 nitrogen and oxygen atoms in total. The van der Waals surface area contributed by atoms with E-state index in [9.17, 15) is 0 Å². The second kappa shape index (κ2) is 4.50. The number of nitrogens with zero attached hydrogens (tertiary/aromatic N) is 3. The van der Waals surface area contributed by atoms with Crippen molar-refractivity contribution in [2.75, 3.05) is 12.8 Å². The third-order valence-electron chi connectivity index (χ3n) is 2.35. The fourth-order valence-electron chi connectivity index (χ4n) is 1.65. The lowest BCUT2D eigenvalue weighted by Crippen LogP contribution is -2.02. The van der Waals surface area contributed by atoms with Gasteiger partial charge in [0, 0.05) is 13.2 Å². The molecule has 0 radical (unpaired) electrons. The molecule has 0 unspecified atom stereocenters. The van der Waals surface area contributed by atoms with Gasteiger partial charge in [-0.2, -0.15) is 0 Å². The molecular weight excluding hydrogens is 220 g/mol. The Morgan fingerprint density at radius 2 is 2.12 bits per heavy atom. The minimum atomic E-state index is 0.392. The Hall–Kier alpha value is -1.95. The van der Waals surface area contributed by atoms with Gasteiger partial charge >= 0.3 is 0 Å². The normalized spacial score (nSPS) is 10.8. The number of rotatable bonds is 3. The van der Waals surface area contributed by atoms with Crippen molar-refractivity contribution in [3.05, 3.63) is 23.2 Å². The van der Waals surface area contributed by atoms with E-state index in [1.165, 1.54) is 0 Å². The summed E-state index contributed by atoms with van der Waals surface area (Å²) in [6.45, 7) is 4.05. The lowest BCUT2D eigenvalue weighted by atomic mass is 10.2. The van der Waals surface area contributed by atoms with Crippen LogP contribution in [0.2, 0.25) is 0 Å². The Morgan fingerprint density at radius 3 is 2.71 bits per heavy atom. The second-order valence-corrected chi connectivity index (χ2v) is 3.74. The standard InChI is InChI=1S/C11H14N4O2/c1-6-10(7(2)17-15-6)11-13-8(5-16-3)4-9(12)14-11/h4H,5H2,1-3H3,(H2,12,13,14). The molecule has 0 aromatic carbocycles. The highest BCUT2D eigenvalue weighted by atomic mass is 16.5. The number of anilines is 1. The van der Waals surface area contributed by atoms with Crippen LogP contribution in [0, 0.1) is 13.8 Å². The number of hydrogen-bond donors (Lipinski definition) is 1. The van der Waals surface area contributed by atoms with Crippen LogP contribution >= 0.6 is 0 Å². The van der Waals surface area contributed by atoms with Gasteiger partial charge in [0.15, 0.2) is 5.82 Å². The molecule has 6 heteroatoms. The number of hydrogen-bond acceptors (Lipinski definition) is 6. The summed E-state index contributed by atoms with van der Waals surface area (Å²) in [5.41, 5.74) is 8.00. The SMILES string of the molecule is COCc1cc(N)nc(-c2c(C)noc2C)n1. The van der Waals surface area contributed by atoms with Gasteiger partial charge in [-0.15, -0.1) is 0 Å². The van der Waals surface area contributed by atoms with E-state index in [1.54, 1.807) is 13.2 Å². The van der Waals surface area contributed by atoms with Crippen LogP contribution in [0.1, 0.15) is 17.1 Å².